The summed E-state index contributed by atoms with van der Waals surface area (Å²) in [5, 5.41) is 9.48. The first-order chi connectivity index (χ1) is 13.6. The van der Waals surface area contributed by atoms with Crippen molar-refractivity contribution in [3.63, 3.8) is 0 Å². The monoisotopic (exact) mass is 472 g/mol. The molecule has 0 bridgehead atoms. The van der Waals surface area contributed by atoms with Crippen LogP contribution in [0.15, 0.2) is 68.9 Å². The first-order valence-electron chi connectivity index (χ1n) is 8.23. The van der Waals surface area contributed by atoms with Crippen molar-refractivity contribution in [1.29, 1.82) is 0 Å². The SMILES string of the molecule is O=C(Cn1nc(-c2ccccc2)oc1=S)Nc1nc(-c2ccc(Br)cc2)cs1. The number of halogens is 1. The van der Waals surface area contributed by atoms with Crippen LogP contribution in [0.2, 0.25) is 0 Å². The van der Waals surface area contributed by atoms with E-state index in [9.17, 15) is 4.79 Å². The Morgan fingerprint density at radius 3 is 2.64 bits per heavy atom. The third-order valence-electron chi connectivity index (χ3n) is 3.81. The molecule has 0 aliphatic carbocycles. The van der Waals surface area contributed by atoms with Crippen LogP contribution in [0.3, 0.4) is 0 Å². The molecule has 0 atom stereocenters. The summed E-state index contributed by atoms with van der Waals surface area (Å²) in [5.74, 6) is 0.103. The number of amides is 1. The maximum Gasteiger partial charge on any atom is 0.287 e. The van der Waals surface area contributed by atoms with Crippen molar-refractivity contribution in [3.05, 3.63) is 69.3 Å². The first kappa shape index (κ1) is 18.7. The molecule has 0 spiro atoms. The minimum absolute atomic E-state index is 0.0532. The Hall–Kier alpha value is -2.62. The van der Waals surface area contributed by atoms with Crippen molar-refractivity contribution in [2.24, 2.45) is 0 Å². The molecule has 0 fully saturated rings. The van der Waals surface area contributed by atoms with E-state index in [-0.39, 0.29) is 17.3 Å². The molecule has 9 heteroatoms. The minimum Gasteiger partial charge on any atom is -0.409 e. The lowest BCUT2D eigenvalue weighted by Crippen LogP contribution is -2.19. The van der Waals surface area contributed by atoms with E-state index in [2.05, 4.69) is 31.3 Å². The fourth-order valence-corrected chi connectivity index (χ4v) is 3.67. The highest BCUT2D eigenvalue weighted by molar-refractivity contribution is 9.10. The van der Waals surface area contributed by atoms with Crippen LogP contribution < -0.4 is 5.32 Å². The Morgan fingerprint density at radius 1 is 1.14 bits per heavy atom. The molecule has 6 nitrogen and oxygen atoms in total. The number of nitrogens with one attached hydrogen (secondary N) is 1. The van der Waals surface area contributed by atoms with Crippen LogP contribution >= 0.6 is 39.5 Å². The molecule has 2 aromatic heterocycles. The molecule has 0 unspecified atom stereocenters. The number of aromatic nitrogens is 3. The standard InChI is InChI=1S/C19H13BrN4O2S2/c20-14-8-6-12(7-9-14)15-11-28-18(21-15)22-16(25)10-24-19(27)26-17(23-24)13-4-2-1-3-5-13/h1-9,11H,10H2,(H,21,22,25). The molecule has 0 radical (unpaired) electrons. The number of hydrogen-bond acceptors (Lipinski definition) is 6. The molecule has 4 rings (SSSR count). The van der Waals surface area contributed by atoms with Gasteiger partial charge in [0.2, 0.25) is 11.8 Å². The van der Waals surface area contributed by atoms with E-state index in [4.69, 9.17) is 16.6 Å². The number of nitrogens with zero attached hydrogens (tertiary/aromatic N) is 3. The summed E-state index contributed by atoms with van der Waals surface area (Å²) >= 11 is 9.94. The van der Waals surface area contributed by atoms with Crippen LogP contribution in [0, 0.1) is 4.84 Å². The highest BCUT2D eigenvalue weighted by atomic mass is 79.9. The van der Waals surface area contributed by atoms with Gasteiger partial charge in [-0.05, 0) is 36.5 Å². The second kappa shape index (κ2) is 8.17. The molecular weight excluding hydrogens is 460 g/mol. The van der Waals surface area contributed by atoms with Crippen LogP contribution in [0.1, 0.15) is 0 Å². The molecule has 0 aliphatic heterocycles. The minimum atomic E-state index is -0.277. The van der Waals surface area contributed by atoms with E-state index < -0.39 is 0 Å². The number of benzene rings is 2. The van der Waals surface area contributed by atoms with Crippen molar-refractivity contribution in [2.45, 2.75) is 6.54 Å². The van der Waals surface area contributed by atoms with Gasteiger partial charge in [-0.25, -0.2) is 9.67 Å². The Kier molecular flexibility index (Phi) is 5.47. The average molecular weight is 473 g/mol. The zero-order valence-corrected chi connectivity index (χ0v) is 17.6. The van der Waals surface area contributed by atoms with Gasteiger partial charge in [0.1, 0.15) is 6.54 Å². The summed E-state index contributed by atoms with van der Waals surface area (Å²) < 4.78 is 7.85. The lowest BCUT2D eigenvalue weighted by Gasteiger charge is -2.01. The molecular formula is C19H13BrN4O2S2. The van der Waals surface area contributed by atoms with Crippen molar-refractivity contribution in [1.82, 2.24) is 14.8 Å². The zero-order chi connectivity index (χ0) is 19.5. The summed E-state index contributed by atoms with van der Waals surface area (Å²) in [6.07, 6.45) is 0. The van der Waals surface area contributed by atoms with Crippen LogP contribution in [-0.4, -0.2) is 20.7 Å². The third-order valence-corrected chi connectivity index (χ3v) is 5.39. The van der Waals surface area contributed by atoms with Gasteiger partial charge in [-0.3, -0.25) is 4.79 Å². The van der Waals surface area contributed by atoms with Gasteiger partial charge in [-0.1, -0.05) is 46.3 Å². The van der Waals surface area contributed by atoms with E-state index in [0.29, 0.717) is 11.0 Å². The van der Waals surface area contributed by atoms with Gasteiger partial charge in [-0.2, -0.15) is 0 Å². The van der Waals surface area contributed by atoms with Gasteiger partial charge in [0.25, 0.3) is 4.84 Å². The number of anilines is 1. The van der Waals surface area contributed by atoms with Crippen molar-refractivity contribution in [2.75, 3.05) is 5.32 Å². The van der Waals surface area contributed by atoms with E-state index in [1.54, 1.807) is 0 Å². The number of carbonyl (C=O) groups is 1. The normalized spacial score (nSPS) is 10.8. The summed E-state index contributed by atoms with van der Waals surface area (Å²) in [7, 11) is 0. The molecule has 2 aromatic carbocycles. The van der Waals surface area contributed by atoms with E-state index in [1.807, 2.05) is 60.0 Å². The molecule has 0 saturated carbocycles. The molecule has 4 aromatic rings. The fourth-order valence-electron chi connectivity index (χ4n) is 2.48. The first-order valence-corrected chi connectivity index (χ1v) is 10.3. The Morgan fingerprint density at radius 2 is 1.89 bits per heavy atom. The highest BCUT2D eigenvalue weighted by Crippen LogP contribution is 2.26. The summed E-state index contributed by atoms with van der Waals surface area (Å²) in [5.41, 5.74) is 2.58. The quantitative estimate of drug-likeness (QED) is 0.393. The van der Waals surface area contributed by atoms with Crippen molar-refractivity contribution >= 4 is 50.5 Å². The number of carbonyl (C=O) groups excluding carboxylic acids is 1. The van der Waals surface area contributed by atoms with Crippen LogP contribution in [0.25, 0.3) is 22.7 Å². The van der Waals surface area contributed by atoms with E-state index >= 15 is 0 Å². The van der Waals surface area contributed by atoms with Crippen LogP contribution in [0.4, 0.5) is 5.13 Å². The second-order valence-corrected chi connectivity index (χ2v) is 7.91. The predicted octanol–water partition coefficient (Wildman–Crippen LogP) is 5.40. The summed E-state index contributed by atoms with van der Waals surface area (Å²) in [4.78, 5) is 17.0. The van der Waals surface area contributed by atoms with E-state index in [1.165, 1.54) is 16.0 Å². The Bertz CT molecular complexity index is 1170. The number of thiazole rings is 1. The largest absolute Gasteiger partial charge is 0.409 e. The average Bonchev–Trinajstić information content (AvgIpc) is 3.30. The number of rotatable bonds is 5. The molecule has 2 heterocycles. The third kappa shape index (κ3) is 4.27. The molecule has 1 N–H and O–H groups in total. The maximum absolute atomic E-state index is 12.4. The fraction of sp³-hybridized carbons (Fsp3) is 0.0526. The molecule has 1 amide bonds. The smallest absolute Gasteiger partial charge is 0.287 e. The molecule has 140 valence electrons. The predicted molar refractivity (Wildman–Crippen MR) is 115 cm³/mol. The number of hydrogen-bond donors (Lipinski definition) is 1. The van der Waals surface area contributed by atoms with Gasteiger partial charge in [-0.15, -0.1) is 16.4 Å². The van der Waals surface area contributed by atoms with Crippen molar-refractivity contribution in [3.8, 4) is 22.7 Å². The van der Waals surface area contributed by atoms with Crippen LogP contribution in [-0.2, 0) is 11.3 Å². The highest BCUT2D eigenvalue weighted by Gasteiger charge is 2.13. The van der Waals surface area contributed by atoms with Crippen LogP contribution in [0.5, 0.6) is 0 Å². The lowest BCUT2D eigenvalue weighted by atomic mass is 10.2. The molecule has 0 saturated heterocycles. The van der Waals surface area contributed by atoms with Gasteiger partial charge in [0, 0.05) is 21.0 Å². The Labute approximate surface area is 178 Å². The van der Waals surface area contributed by atoms with Gasteiger partial charge >= 0.3 is 0 Å². The lowest BCUT2D eigenvalue weighted by molar-refractivity contribution is -0.117. The maximum atomic E-state index is 12.4. The van der Waals surface area contributed by atoms with Crippen molar-refractivity contribution < 1.29 is 9.21 Å². The van der Waals surface area contributed by atoms with Gasteiger partial charge in [0.15, 0.2) is 5.13 Å². The van der Waals surface area contributed by atoms with Gasteiger partial charge in [0.05, 0.1) is 5.69 Å². The van der Waals surface area contributed by atoms with Gasteiger partial charge < -0.3 is 9.73 Å². The summed E-state index contributed by atoms with van der Waals surface area (Å²) in [6, 6.07) is 17.2. The second-order valence-electron chi connectivity index (χ2n) is 5.79. The summed E-state index contributed by atoms with van der Waals surface area (Å²) in [6.45, 7) is -0.0532. The molecule has 28 heavy (non-hydrogen) atoms. The van der Waals surface area contributed by atoms with E-state index in [0.717, 1.165) is 21.3 Å². The topological polar surface area (TPSA) is 73.0 Å². The molecule has 0 aliphatic rings. The zero-order valence-electron chi connectivity index (χ0n) is 14.3. The Balaban J connectivity index is 1.45.